The summed E-state index contributed by atoms with van der Waals surface area (Å²) in [7, 11) is 0. The number of ketones is 2. The quantitative estimate of drug-likeness (QED) is 0.661. The molecule has 0 aliphatic heterocycles. The first-order valence-corrected chi connectivity index (χ1v) is 6.72. The first-order valence-electron chi connectivity index (χ1n) is 6.72. The van der Waals surface area contributed by atoms with E-state index in [0.29, 0.717) is 28.4 Å². The predicted octanol–water partition coefficient (Wildman–Crippen LogP) is 2.22. The number of hydrogen-bond acceptors (Lipinski definition) is 4. The number of nitrogens with one attached hydrogen (secondary N) is 1. The highest BCUT2D eigenvalue weighted by Crippen LogP contribution is 2.38. The van der Waals surface area contributed by atoms with Crippen molar-refractivity contribution in [2.75, 3.05) is 6.61 Å². The van der Waals surface area contributed by atoms with E-state index in [0.717, 1.165) is 6.42 Å². The van der Waals surface area contributed by atoms with Crippen molar-refractivity contribution in [3.8, 4) is 0 Å². The van der Waals surface area contributed by atoms with Crippen molar-refractivity contribution in [3.05, 3.63) is 22.5 Å². The summed E-state index contributed by atoms with van der Waals surface area (Å²) < 4.78 is 5.02. The number of aryl methyl sites for hydroxylation is 1. The van der Waals surface area contributed by atoms with Gasteiger partial charge in [0.05, 0.1) is 11.6 Å². The molecule has 1 aromatic rings. The van der Waals surface area contributed by atoms with Gasteiger partial charge in [-0.25, -0.2) is 0 Å². The largest absolute Gasteiger partial charge is 0.457 e. The molecule has 2 atom stereocenters. The van der Waals surface area contributed by atoms with Crippen LogP contribution in [0.4, 0.5) is 0 Å². The van der Waals surface area contributed by atoms with Gasteiger partial charge in [0, 0.05) is 11.3 Å². The van der Waals surface area contributed by atoms with Crippen LogP contribution in [-0.4, -0.2) is 29.1 Å². The number of Topliss-reactive ketones (excluding diaryl/α,β-unsaturated/α-hetero) is 2. The third-order valence-electron chi connectivity index (χ3n) is 3.83. The van der Waals surface area contributed by atoms with Crippen LogP contribution < -0.4 is 0 Å². The first kappa shape index (κ1) is 14.5. The van der Waals surface area contributed by atoms with Crippen molar-refractivity contribution in [1.82, 2.24) is 4.98 Å². The van der Waals surface area contributed by atoms with Gasteiger partial charge in [0.1, 0.15) is 0 Å². The smallest absolute Gasteiger partial charge is 0.309 e. The van der Waals surface area contributed by atoms with E-state index in [9.17, 15) is 14.4 Å². The minimum Gasteiger partial charge on any atom is -0.457 e. The van der Waals surface area contributed by atoms with Gasteiger partial charge >= 0.3 is 5.97 Å². The highest BCUT2D eigenvalue weighted by Gasteiger charge is 2.40. The zero-order chi connectivity index (χ0) is 15.0. The highest BCUT2D eigenvalue weighted by atomic mass is 16.5. The maximum absolute atomic E-state index is 12.1. The fraction of sp³-hybridized carbons (Fsp3) is 0.533. The van der Waals surface area contributed by atoms with Crippen LogP contribution in [0.1, 0.15) is 52.4 Å². The molecule has 5 heteroatoms. The topological polar surface area (TPSA) is 76.2 Å². The van der Waals surface area contributed by atoms with Crippen LogP contribution in [0.3, 0.4) is 0 Å². The summed E-state index contributed by atoms with van der Waals surface area (Å²) in [5, 5.41) is 0. The average molecular weight is 277 g/mol. The normalized spacial score (nSPS) is 20.6. The molecule has 1 saturated carbocycles. The summed E-state index contributed by atoms with van der Waals surface area (Å²) in [5.41, 5.74) is 2.18. The second-order valence-electron chi connectivity index (χ2n) is 5.53. The van der Waals surface area contributed by atoms with Gasteiger partial charge in [-0.3, -0.25) is 14.4 Å². The molecule has 1 aliphatic carbocycles. The van der Waals surface area contributed by atoms with Crippen LogP contribution in [0.25, 0.3) is 0 Å². The zero-order valence-electron chi connectivity index (χ0n) is 12.2. The molecule has 5 nitrogen and oxygen atoms in total. The zero-order valence-corrected chi connectivity index (χ0v) is 12.2. The molecule has 20 heavy (non-hydrogen) atoms. The molecule has 0 saturated heterocycles. The third kappa shape index (κ3) is 2.66. The number of hydrogen-bond donors (Lipinski definition) is 1. The molecule has 1 aliphatic rings. The SMILES string of the molecule is CC(=O)c1c(C)[nH]c(C(=O)COC(=O)[C@@H]2C[C@@H]2C)c1C. The predicted molar refractivity (Wildman–Crippen MR) is 72.8 cm³/mol. The third-order valence-corrected chi connectivity index (χ3v) is 3.83. The molecule has 0 bridgehead atoms. The Bertz CT molecular complexity index is 585. The summed E-state index contributed by atoms with van der Waals surface area (Å²) in [4.78, 5) is 38.1. The van der Waals surface area contributed by atoms with Crippen molar-refractivity contribution in [2.24, 2.45) is 11.8 Å². The molecule has 1 heterocycles. The van der Waals surface area contributed by atoms with Crippen molar-refractivity contribution >= 4 is 17.5 Å². The lowest BCUT2D eigenvalue weighted by atomic mass is 10.1. The lowest BCUT2D eigenvalue weighted by Crippen LogP contribution is -2.16. The molecule has 0 amide bonds. The summed E-state index contributed by atoms with van der Waals surface area (Å²) in [6.45, 7) is 6.63. The number of esters is 1. The second kappa shape index (κ2) is 5.23. The van der Waals surface area contributed by atoms with Crippen molar-refractivity contribution in [1.29, 1.82) is 0 Å². The lowest BCUT2D eigenvalue weighted by molar-refractivity contribution is -0.144. The first-order chi connectivity index (χ1) is 9.32. The summed E-state index contributed by atoms with van der Waals surface area (Å²) in [6.07, 6.45) is 0.835. The van der Waals surface area contributed by atoms with Gasteiger partial charge in [-0.1, -0.05) is 6.92 Å². The lowest BCUT2D eigenvalue weighted by Gasteiger charge is -2.03. The van der Waals surface area contributed by atoms with E-state index in [1.54, 1.807) is 13.8 Å². The summed E-state index contributed by atoms with van der Waals surface area (Å²) in [6, 6.07) is 0. The maximum atomic E-state index is 12.1. The molecule has 2 rings (SSSR count). The Morgan fingerprint density at radius 2 is 1.90 bits per heavy atom. The van der Waals surface area contributed by atoms with Gasteiger partial charge in [-0.05, 0) is 38.7 Å². The molecule has 1 fully saturated rings. The van der Waals surface area contributed by atoms with Gasteiger partial charge in [0.15, 0.2) is 12.4 Å². The molecule has 0 aromatic carbocycles. The molecule has 1 aromatic heterocycles. The number of aromatic amines is 1. The maximum Gasteiger partial charge on any atom is 0.309 e. The minimum absolute atomic E-state index is 0.0537. The number of aromatic nitrogens is 1. The molecular weight excluding hydrogens is 258 g/mol. The molecule has 1 N–H and O–H groups in total. The van der Waals surface area contributed by atoms with E-state index in [2.05, 4.69) is 4.98 Å². The summed E-state index contributed by atoms with van der Waals surface area (Å²) >= 11 is 0. The second-order valence-corrected chi connectivity index (χ2v) is 5.53. The molecule has 0 unspecified atom stereocenters. The van der Waals surface area contributed by atoms with E-state index in [1.165, 1.54) is 6.92 Å². The van der Waals surface area contributed by atoms with Gasteiger partial charge in [-0.2, -0.15) is 0 Å². The Hall–Kier alpha value is -1.91. The molecule has 0 spiro atoms. The van der Waals surface area contributed by atoms with Crippen LogP contribution in [0.2, 0.25) is 0 Å². The fourth-order valence-electron chi connectivity index (χ4n) is 2.52. The molecular formula is C15H19NO4. The van der Waals surface area contributed by atoms with Crippen molar-refractivity contribution in [3.63, 3.8) is 0 Å². The van der Waals surface area contributed by atoms with Gasteiger partial charge < -0.3 is 9.72 Å². The minimum atomic E-state index is -0.307. The summed E-state index contributed by atoms with van der Waals surface area (Å²) in [5.74, 6) is -0.393. The highest BCUT2D eigenvalue weighted by molar-refractivity contribution is 6.04. The van der Waals surface area contributed by atoms with Gasteiger partial charge in [0.25, 0.3) is 0 Å². The van der Waals surface area contributed by atoms with E-state index in [4.69, 9.17) is 4.74 Å². The van der Waals surface area contributed by atoms with Crippen molar-refractivity contribution < 1.29 is 19.1 Å². The Morgan fingerprint density at radius 1 is 1.30 bits per heavy atom. The van der Waals surface area contributed by atoms with Crippen LogP contribution in [-0.2, 0) is 9.53 Å². The van der Waals surface area contributed by atoms with Gasteiger partial charge in [0.2, 0.25) is 5.78 Å². The number of carbonyl (C=O) groups is 3. The number of rotatable bonds is 5. The van der Waals surface area contributed by atoms with Gasteiger partial charge in [-0.15, -0.1) is 0 Å². The Balaban J connectivity index is 2.04. The van der Waals surface area contributed by atoms with E-state index < -0.39 is 0 Å². The van der Waals surface area contributed by atoms with E-state index in [1.807, 2.05) is 6.92 Å². The number of H-pyrrole nitrogens is 1. The van der Waals surface area contributed by atoms with Crippen LogP contribution in [0, 0.1) is 25.7 Å². The van der Waals surface area contributed by atoms with Crippen LogP contribution in [0.5, 0.6) is 0 Å². The standard InChI is InChI=1S/C15H19NO4/c1-7-5-11(7)15(19)20-6-12(18)14-8(2)13(10(4)17)9(3)16-14/h7,11,16H,5-6H2,1-4H3/t7-,11+/m0/s1. The van der Waals surface area contributed by atoms with Crippen molar-refractivity contribution in [2.45, 2.75) is 34.1 Å². The molecule has 108 valence electrons. The molecule has 0 radical (unpaired) electrons. The van der Waals surface area contributed by atoms with Crippen LogP contribution in [0.15, 0.2) is 0 Å². The Morgan fingerprint density at radius 3 is 2.35 bits per heavy atom. The number of carbonyl (C=O) groups excluding carboxylic acids is 3. The van der Waals surface area contributed by atoms with E-state index >= 15 is 0 Å². The monoisotopic (exact) mass is 277 g/mol. The Labute approximate surface area is 117 Å². The van der Waals surface area contributed by atoms with Crippen LogP contribution >= 0.6 is 0 Å². The van der Waals surface area contributed by atoms with E-state index in [-0.39, 0.29) is 30.1 Å². The average Bonchev–Trinajstić information content (AvgIpc) is 3.01. The Kier molecular flexibility index (Phi) is 3.79. The number of ether oxygens (including phenoxy) is 1. The fourth-order valence-corrected chi connectivity index (χ4v) is 2.52.